The first-order valence-corrected chi connectivity index (χ1v) is 11.2. The van der Waals surface area contributed by atoms with Crippen LogP contribution >= 0.6 is 46.6 Å². The van der Waals surface area contributed by atoms with Crippen LogP contribution in [0, 0.1) is 15.9 Å². The van der Waals surface area contributed by atoms with Gasteiger partial charge >= 0.3 is 0 Å². The highest BCUT2D eigenvalue weighted by Gasteiger charge is 2.33. The minimum absolute atomic E-state index is 0.145. The molecule has 0 saturated carbocycles. The summed E-state index contributed by atoms with van der Waals surface area (Å²) in [6, 6.07) is 11.0. The average Bonchev–Trinajstić information content (AvgIpc) is 3.00. The molecule has 1 amide bonds. The summed E-state index contributed by atoms with van der Waals surface area (Å²) < 4.78 is 17.8. The number of halogens is 1. The van der Waals surface area contributed by atoms with Crippen LogP contribution in [0.5, 0.6) is 17.2 Å². The van der Waals surface area contributed by atoms with Gasteiger partial charge in [-0.1, -0.05) is 29.9 Å². The fourth-order valence-corrected chi connectivity index (χ4v) is 4.86. The number of benzene rings is 2. The van der Waals surface area contributed by atoms with E-state index in [-0.39, 0.29) is 12.5 Å². The van der Waals surface area contributed by atoms with Gasteiger partial charge in [0.15, 0.2) is 15.8 Å². The molecule has 2 aromatic carbocycles. The Kier molecular flexibility index (Phi) is 7.64. The lowest BCUT2D eigenvalue weighted by Gasteiger charge is -2.15. The smallest absolute Gasteiger partial charge is 0.270 e. The number of methoxy groups -OCH3 is 1. The molecule has 1 aliphatic rings. The van der Waals surface area contributed by atoms with Crippen molar-refractivity contribution in [1.82, 2.24) is 0 Å². The summed E-state index contributed by atoms with van der Waals surface area (Å²) in [5, 5.41) is 0. The second-order valence-electron chi connectivity index (χ2n) is 5.97. The van der Waals surface area contributed by atoms with Crippen LogP contribution in [0.25, 0.3) is 6.08 Å². The number of hydrogen-bond donors (Lipinski definition) is 0. The number of hydrogen-bond acceptors (Lipinski definition) is 6. The fourth-order valence-electron chi connectivity index (χ4n) is 2.78. The molecule has 0 atom stereocenters. The summed E-state index contributed by atoms with van der Waals surface area (Å²) in [5.74, 6) is 4.14. The maximum Gasteiger partial charge on any atom is 0.270 e. The molecule has 0 aliphatic carbocycles. The number of carbonyl (C=O) groups excluding carboxylic acids is 1. The number of carbonyl (C=O) groups is 1. The average molecular weight is 551 g/mol. The van der Waals surface area contributed by atoms with Gasteiger partial charge in [-0.15, -0.1) is 6.42 Å². The van der Waals surface area contributed by atoms with Gasteiger partial charge in [-0.25, -0.2) is 0 Å². The number of amides is 1. The van der Waals surface area contributed by atoms with Gasteiger partial charge in [0.25, 0.3) is 5.91 Å². The molecule has 1 fully saturated rings. The van der Waals surface area contributed by atoms with Gasteiger partial charge in [0.1, 0.15) is 12.4 Å². The molecule has 1 aliphatic heterocycles. The maximum atomic E-state index is 13.0. The number of anilines is 1. The van der Waals surface area contributed by atoms with Crippen LogP contribution in [-0.2, 0) is 4.79 Å². The van der Waals surface area contributed by atoms with Gasteiger partial charge < -0.3 is 14.2 Å². The van der Waals surface area contributed by atoms with Crippen LogP contribution in [0.4, 0.5) is 5.69 Å². The molecule has 0 aromatic heterocycles. The number of rotatable bonds is 7. The Hall–Kier alpha value is -2.22. The van der Waals surface area contributed by atoms with Crippen LogP contribution < -0.4 is 19.1 Å². The Labute approximate surface area is 198 Å². The molecule has 0 bridgehead atoms. The van der Waals surface area contributed by atoms with Crippen LogP contribution in [0.15, 0.2) is 41.3 Å². The molecular weight excluding hydrogens is 533 g/mol. The summed E-state index contributed by atoms with van der Waals surface area (Å²) in [4.78, 5) is 15.1. The van der Waals surface area contributed by atoms with Crippen molar-refractivity contribution in [2.24, 2.45) is 0 Å². The molecule has 0 N–H and O–H groups in total. The van der Waals surface area contributed by atoms with E-state index in [0.717, 1.165) is 14.9 Å². The molecule has 1 heterocycles. The largest absolute Gasteiger partial charge is 0.494 e. The second-order valence-corrected chi connectivity index (χ2v) is 8.81. The Balaban J connectivity index is 1.88. The van der Waals surface area contributed by atoms with Crippen molar-refractivity contribution in [3.8, 4) is 29.6 Å². The van der Waals surface area contributed by atoms with Crippen molar-refractivity contribution < 1.29 is 19.0 Å². The predicted octanol–water partition coefficient (Wildman–Crippen LogP) is 5.12. The lowest BCUT2D eigenvalue weighted by Crippen LogP contribution is -2.27. The van der Waals surface area contributed by atoms with Gasteiger partial charge in [-0.05, 0) is 77.6 Å². The van der Waals surface area contributed by atoms with Crippen LogP contribution in [0.2, 0.25) is 0 Å². The zero-order chi connectivity index (χ0) is 21.7. The highest BCUT2D eigenvalue weighted by molar-refractivity contribution is 14.1. The minimum Gasteiger partial charge on any atom is -0.494 e. The summed E-state index contributed by atoms with van der Waals surface area (Å²) in [5.41, 5.74) is 1.51. The first-order valence-electron chi connectivity index (χ1n) is 8.93. The van der Waals surface area contributed by atoms with Crippen molar-refractivity contribution in [1.29, 1.82) is 0 Å². The molecule has 30 heavy (non-hydrogen) atoms. The molecule has 0 spiro atoms. The number of thioether (sulfide) groups is 1. The molecule has 5 nitrogen and oxygen atoms in total. The van der Waals surface area contributed by atoms with E-state index in [0.29, 0.717) is 33.0 Å². The van der Waals surface area contributed by atoms with Crippen molar-refractivity contribution in [3.63, 3.8) is 0 Å². The Bertz CT molecular complexity index is 1040. The molecule has 3 rings (SSSR count). The third-order valence-corrected chi connectivity index (χ3v) is 6.15. The first-order chi connectivity index (χ1) is 14.5. The third kappa shape index (κ3) is 4.91. The van der Waals surface area contributed by atoms with E-state index >= 15 is 0 Å². The second kappa shape index (κ2) is 10.2. The van der Waals surface area contributed by atoms with E-state index in [1.165, 1.54) is 16.7 Å². The minimum atomic E-state index is -0.171. The Morgan fingerprint density at radius 3 is 2.63 bits per heavy atom. The lowest BCUT2D eigenvalue weighted by atomic mass is 10.1. The third-order valence-electron chi connectivity index (χ3n) is 4.05. The number of terminal acetylenes is 1. The van der Waals surface area contributed by atoms with Gasteiger partial charge in [-0.2, -0.15) is 0 Å². The molecule has 8 heteroatoms. The van der Waals surface area contributed by atoms with Gasteiger partial charge in [0, 0.05) is 0 Å². The zero-order valence-electron chi connectivity index (χ0n) is 16.3. The summed E-state index contributed by atoms with van der Waals surface area (Å²) >= 11 is 8.86. The first kappa shape index (κ1) is 22.5. The highest BCUT2D eigenvalue weighted by Crippen LogP contribution is 2.39. The quantitative estimate of drug-likeness (QED) is 0.206. The van der Waals surface area contributed by atoms with E-state index in [1.54, 1.807) is 19.3 Å². The van der Waals surface area contributed by atoms with Crippen molar-refractivity contribution in [2.45, 2.75) is 6.92 Å². The van der Waals surface area contributed by atoms with Crippen molar-refractivity contribution in [3.05, 3.63) is 50.4 Å². The molecule has 0 radical (unpaired) electrons. The zero-order valence-corrected chi connectivity index (χ0v) is 20.1. The van der Waals surface area contributed by atoms with Crippen LogP contribution in [-0.4, -0.2) is 30.6 Å². The fraction of sp³-hybridized carbons (Fsp3) is 0.182. The number of nitrogens with zero attached hydrogens (tertiary/aromatic N) is 1. The summed E-state index contributed by atoms with van der Waals surface area (Å²) in [6.07, 6.45) is 7.07. The van der Waals surface area contributed by atoms with E-state index in [1.807, 2.05) is 37.3 Å². The van der Waals surface area contributed by atoms with E-state index in [9.17, 15) is 4.79 Å². The van der Waals surface area contributed by atoms with Gasteiger partial charge in [0.05, 0.1) is 27.9 Å². The normalized spacial score (nSPS) is 14.7. The maximum absolute atomic E-state index is 13.0. The Morgan fingerprint density at radius 2 is 2.00 bits per heavy atom. The number of thiocarbonyl (C=S) groups is 1. The highest BCUT2D eigenvalue weighted by atomic mass is 127. The number of ether oxygens (including phenoxy) is 3. The van der Waals surface area contributed by atoms with E-state index in [4.69, 9.17) is 32.9 Å². The van der Waals surface area contributed by atoms with Crippen LogP contribution in [0.1, 0.15) is 12.5 Å². The van der Waals surface area contributed by atoms with Crippen LogP contribution in [0.3, 0.4) is 0 Å². The summed E-state index contributed by atoms with van der Waals surface area (Å²) in [6.45, 7) is 2.65. The molecule has 0 unspecified atom stereocenters. The molecule has 2 aromatic rings. The standard InChI is InChI=1S/C22H18INO4S2/c1-4-10-28-20-17(23)11-14(12-18(20)26-3)13-19-21(25)24(22(29)30-19)15-6-8-16(9-7-15)27-5-2/h1,6-9,11-13H,5,10H2,2-3H3/b19-13+. The topological polar surface area (TPSA) is 48.0 Å². The predicted molar refractivity (Wildman–Crippen MR) is 133 cm³/mol. The SMILES string of the molecule is C#CCOc1c(I)cc(/C=C2/SC(=S)N(c3ccc(OCC)cc3)C2=O)cc1OC. The van der Waals surface area contributed by atoms with Crippen molar-refractivity contribution >= 4 is 68.6 Å². The summed E-state index contributed by atoms with van der Waals surface area (Å²) in [7, 11) is 1.56. The lowest BCUT2D eigenvalue weighted by molar-refractivity contribution is -0.113. The Morgan fingerprint density at radius 1 is 1.27 bits per heavy atom. The molecular formula is C22H18INO4S2. The molecule has 1 saturated heterocycles. The van der Waals surface area contributed by atoms with E-state index in [2.05, 4.69) is 28.5 Å². The molecule has 154 valence electrons. The van der Waals surface area contributed by atoms with E-state index < -0.39 is 0 Å². The van der Waals surface area contributed by atoms with Gasteiger partial charge in [0.2, 0.25) is 0 Å². The monoisotopic (exact) mass is 551 g/mol. The van der Waals surface area contributed by atoms with Gasteiger partial charge in [-0.3, -0.25) is 9.69 Å². The van der Waals surface area contributed by atoms with Crippen molar-refractivity contribution in [2.75, 3.05) is 25.2 Å².